The number of aromatic amines is 1. The Balaban J connectivity index is 0.00000102. The number of hydrogen-bond acceptors (Lipinski definition) is 5. The van der Waals surface area contributed by atoms with Crippen molar-refractivity contribution in [2.24, 2.45) is 0 Å². The Labute approximate surface area is 159 Å². The number of rotatable bonds is 4. The number of nitrogens with one attached hydrogen (secondary N) is 1. The molecule has 7 nitrogen and oxygen atoms in total. The lowest BCUT2D eigenvalue weighted by Gasteiger charge is -2.31. The fourth-order valence-corrected chi connectivity index (χ4v) is 3.43. The molecule has 3 aromatic heterocycles. The number of carbonyl (C=O) groups is 1. The second kappa shape index (κ2) is 8.64. The molecule has 3 aromatic rings. The van der Waals surface area contributed by atoms with E-state index in [1.165, 1.54) is 5.56 Å². The molecule has 1 N–H and O–H groups in total. The third-order valence-electron chi connectivity index (χ3n) is 4.91. The van der Waals surface area contributed by atoms with Gasteiger partial charge in [-0.2, -0.15) is 0 Å². The first kappa shape index (κ1) is 18.8. The Hall–Kier alpha value is -2.93. The summed E-state index contributed by atoms with van der Waals surface area (Å²) < 4.78 is 7.47. The van der Waals surface area contributed by atoms with Gasteiger partial charge in [0.05, 0.1) is 23.7 Å². The largest absolute Gasteiger partial charge is 0.381 e. The standard InChI is InChI=1S/C19H23N5O.CH2O/c1-14-11-21-13-17(14)18-10-19(23-8-5-16(25-2)6-9-23)22-24(18)15-4-3-7-20-12-15;1-2/h3-4,7,10-13,16,21H,5-6,8-9H2,1-2H3;1H2. The van der Waals surface area contributed by atoms with E-state index in [1.807, 2.05) is 42.2 Å². The van der Waals surface area contributed by atoms with Gasteiger partial charge in [-0.15, -0.1) is 5.10 Å². The Morgan fingerprint density at radius 1 is 1.26 bits per heavy atom. The first-order chi connectivity index (χ1) is 13.3. The van der Waals surface area contributed by atoms with Crippen LogP contribution < -0.4 is 4.90 Å². The molecule has 4 rings (SSSR count). The van der Waals surface area contributed by atoms with Gasteiger partial charge in [-0.25, -0.2) is 4.68 Å². The molecule has 4 heterocycles. The van der Waals surface area contributed by atoms with Gasteiger partial charge >= 0.3 is 0 Å². The van der Waals surface area contributed by atoms with E-state index in [0.29, 0.717) is 6.10 Å². The Morgan fingerprint density at radius 3 is 2.63 bits per heavy atom. The van der Waals surface area contributed by atoms with Crippen LogP contribution in [-0.2, 0) is 9.53 Å². The molecule has 1 fully saturated rings. The predicted molar refractivity (Wildman–Crippen MR) is 105 cm³/mol. The van der Waals surface area contributed by atoms with Crippen LogP contribution in [0.5, 0.6) is 0 Å². The third-order valence-corrected chi connectivity index (χ3v) is 4.91. The summed E-state index contributed by atoms with van der Waals surface area (Å²) in [5.41, 5.74) is 4.41. The summed E-state index contributed by atoms with van der Waals surface area (Å²) in [5.74, 6) is 1.01. The van der Waals surface area contributed by atoms with E-state index < -0.39 is 0 Å². The lowest BCUT2D eigenvalue weighted by atomic mass is 10.1. The topological polar surface area (TPSA) is 76.0 Å². The summed E-state index contributed by atoms with van der Waals surface area (Å²) in [5, 5.41) is 4.90. The molecule has 0 amide bonds. The van der Waals surface area contributed by atoms with Crippen LogP contribution in [0.15, 0.2) is 43.0 Å². The summed E-state index contributed by atoms with van der Waals surface area (Å²) in [6, 6.07) is 6.15. The van der Waals surface area contributed by atoms with Gasteiger partial charge in [-0.1, -0.05) is 0 Å². The van der Waals surface area contributed by atoms with E-state index in [9.17, 15) is 0 Å². The highest BCUT2D eigenvalue weighted by atomic mass is 16.5. The number of pyridine rings is 1. The molecule has 0 saturated carbocycles. The lowest BCUT2D eigenvalue weighted by Crippen LogP contribution is -2.36. The van der Waals surface area contributed by atoms with E-state index in [-0.39, 0.29) is 0 Å². The van der Waals surface area contributed by atoms with Gasteiger partial charge in [0.25, 0.3) is 0 Å². The summed E-state index contributed by atoms with van der Waals surface area (Å²) in [6.07, 6.45) is 10.1. The normalized spacial score (nSPS) is 14.7. The molecule has 0 aliphatic carbocycles. The van der Waals surface area contributed by atoms with Crippen molar-refractivity contribution < 1.29 is 9.53 Å². The van der Waals surface area contributed by atoms with Crippen LogP contribution in [-0.4, -0.2) is 52.8 Å². The van der Waals surface area contributed by atoms with Gasteiger partial charge in [0.2, 0.25) is 0 Å². The number of H-pyrrole nitrogens is 1. The van der Waals surface area contributed by atoms with E-state index >= 15 is 0 Å². The third kappa shape index (κ3) is 3.93. The van der Waals surface area contributed by atoms with E-state index in [1.54, 1.807) is 13.3 Å². The smallest absolute Gasteiger partial charge is 0.151 e. The lowest BCUT2D eigenvalue weighted by molar-refractivity contribution is -0.0979. The fraction of sp³-hybridized carbons (Fsp3) is 0.350. The second-order valence-electron chi connectivity index (χ2n) is 6.48. The number of ether oxygens (including phenoxy) is 1. The molecule has 0 bridgehead atoms. The monoisotopic (exact) mass is 367 g/mol. The highest BCUT2D eigenvalue weighted by molar-refractivity contribution is 5.68. The first-order valence-corrected chi connectivity index (χ1v) is 8.97. The van der Waals surface area contributed by atoms with E-state index in [0.717, 1.165) is 48.7 Å². The van der Waals surface area contributed by atoms with Gasteiger partial charge < -0.3 is 19.4 Å². The summed E-state index contributed by atoms with van der Waals surface area (Å²) in [6.45, 7) is 6.04. The summed E-state index contributed by atoms with van der Waals surface area (Å²) >= 11 is 0. The van der Waals surface area contributed by atoms with Crippen LogP contribution in [0.3, 0.4) is 0 Å². The van der Waals surface area contributed by atoms with Crippen molar-refractivity contribution in [3.05, 3.63) is 48.5 Å². The van der Waals surface area contributed by atoms with Crippen LogP contribution in [0.4, 0.5) is 5.82 Å². The maximum absolute atomic E-state index is 8.00. The zero-order valence-electron chi connectivity index (χ0n) is 15.8. The average Bonchev–Trinajstić information content (AvgIpc) is 3.36. The van der Waals surface area contributed by atoms with Crippen molar-refractivity contribution in [2.75, 3.05) is 25.1 Å². The number of anilines is 1. The summed E-state index contributed by atoms with van der Waals surface area (Å²) in [7, 11) is 1.80. The molecule has 142 valence electrons. The van der Waals surface area contributed by atoms with Crippen molar-refractivity contribution in [3.8, 4) is 16.9 Å². The minimum Gasteiger partial charge on any atom is -0.381 e. The maximum atomic E-state index is 8.00. The molecule has 7 heteroatoms. The van der Waals surface area contributed by atoms with Crippen molar-refractivity contribution in [1.82, 2.24) is 19.7 Å². The van der Waals surface area contributed by atoms with Crippen LogP contribution >= 0.6 is 0 Å². The van der Waals surface area contributed by atoms with Crippen molar-refractivity contribution in [1.29, 1.82) is 0 Å². The maximum Gasteiger partial charge on any atom is 0.151 e. The van der Waals surface area contributed by atoms with Gasteiger partial charge in [-0.3, -0.25) is 4.98 Å². The van der Waals surface area contributed by atoms with Gasteiger partial charge in [0.1, 0.15) is 6.79 Å². The first-order valence-electron chi connectivity index (χ1n) is 8.97. The Morgan fingerprint density at radius 2 is 2.04 bits per heavy atom. The molecule has 0 radical (unpaired) electrons. The average molecular weight is 367 g/mol. The number of piperidine rings is 1. The number of carbonyl (C=O) groups excluding carboxylic acids is 1. The van der Waals surface area contributed by atoms with Crippen LogP contribution in [0, 0.1) is 6.92 Å². The van der Waals surface area contributed by atoms with Crippen LogP contribution in [0.1, 0.15) is 18.4 Å². The number of methoxy groups -OCH3 is 1. The van der Waals surface area contributed by atoms with Crippen LogP contribution in [0.25, 0.3) is 16.9 Å². The Kier molecular flexibility index (Phi) is 6.03. The van der Waals surface area contributed by atoms with Crippen molar-refractivity contribution >= 4 is 12.6 Å². The highest BCUT2D eigenvalue weighted by Gasteiger charge is 2.23. The molecule has 0 atom stereocenters. The quantitative estimate of drug-likeness (QED) is 0.767. The zero-order chi connectivity index (χ0) is 19.2. The molecule has 0 unspecified atom stereocenters. The van der Waals surface area contributed by atoms with E-state index in [2.05, 4.69) is 27.9 Å². The number of nitrogens with zero attached hydrogens (tertiary/aromatic N) is 4. The van der Waals surface area contributed by atoms with Crippen molar-refractivity contribution in [2.45, 2.75) is 25.9 Å². The molecule has 1 saturated heterocycles. The molecule has 0 aromatic carbocycles. The second-order valence-corrected chi connectivity index (χ2v) is 6.48. The minimum atomic E-state index is 0.364. The summed E-state index contributed by atoms with van der Waals surface area (Å²) in [4.78, 5) is 17.8. The van der Waals surface area contributed by atoms with Gasteiger partial charge in [-0.05, 0) is 37.5 Å². The Bertz CT molecular complexity index is 850. The molecule has 0 spiro atoms. The minimum absolute atomic E-state index is 0.364. The zero-order valence-corrected chi connectivity index (χ0v) is 15.8. The molecular weight excluding hydrogens is 342 g/mol. The molecular formula is C20H25N5O2. The van der Waals surface area contributed by atoms with Gasteiger partial charge in [0.15, 0.2) is 5.82 Å². The van der Waals surface area contributed by atoms with E-state index in [4.69, 9.17) is 14.6 Å². The molecule has 1 aliphatic heterocycles. The van der Waals surface area contributed by atoms with Gasteiger partial charge in [0, 0.05) is 50.4 Å². The number of aryl methyl sites for hydroxylation is 1. The SMILES string of the molecule is C=O.COC1CCN(c2cc(-c3c[nH]cc3C)n(-c3cccnc3)n2)CC1. The van der Waals surface area contributed by atoms with Crippen molar-refractivity contribution in [3.63, 3.8) is 0 Å². The fourth-order valence-electron chi connectivity index (χ4n) is 3.43. The highest BCUT2D eigenvalue weighted by Crippen LogP contribution is 2.30. The number of hydrogen-bond donors (Lipinski definition) is 1. The molecule has 27 heavy (non-hydrogen) atoms. The number of aromatic nitrogens is 4. The predicted octanol–water partition coefficient (Wildman–Crippen LogP) is 3.00. The molecule has 1 aliphatic rings. The van der Waals surface area contributed by atoms with Crippen LogP contribution in [0.2, 0.25) is 0 Å².